The van der Waals surface area contributed by atoms with Gasteiger partial charge >= 0.3 is 0 Å². The van der Waals surface area contributed by atoms with Gasteiger partial charge in [-0.25, -0.2) is 5.01 Å². The minimum atomic E-state index is -0.607. The van der Waals surface area contributed by atoms with Crippen molar-refractivity contribution >= 4 is 93.0 Å². The van der Waals surface area contributed by atoms with Crippen molar-refractivity contribution in [1.82, 2.24) is 10.0 Å². The summed E-state index contributed by atoms with van der Waals surface area (Å²) in [6.07, 6.45) is 0. The highest BCUT2D eigenvalue weighted by Crippen LogP contribution is 2.45. The van der Waals surface area contributed by atoms with Gasteiger partial charge in [-0.2, -0.15) is 5.01 Å². The lowest BCUT2D eigenvalue weighted by Crippen LogP contribution is -2.49. The van der Waals surface area contributed by atoms with Gasteiger partial charge in [0.25, 0.3) is 17.7 Å². The third-order valence-electron chi connectivity index (χ3n) is 4.82. The average molecular weight is 706 g/mol. The zero-order chi connectivity index (χ0) is 23.2. The summed E-state index contributed by atoms with van der Waals surface area (Å²) in [6, 6.07) is 15.4. The van der Waals surface area contributed by atoms with Gasteiger partial charge in [-0.1, -0.05) is 41.9 Å². The number of rotatable bonds is 4. The Kier molecular flexibility index (Phi) is 6.93. The van der Waals surface area contributed by atoms with Crippen molar-refractivity contribution in [2.24, 2.45) is 0 Å². The number of nitrogens with zero attached hydrogens (tertiary/aromatic N) is 2. The molecule has 4 rings (SSSR count). The maximum absolute atomic E-state index is 13.5. The van der Waals surface area contributed by atoms with Gasteiger partial charge in [-0.3, -0.25) is 14.4 Å². The highest BCUT2D eigenvalue weighted by molar-refractivity contribution is 9.15. The molecule has 0 fully saturated rings. The van der Waals surface area contributed by atoms with Gasteiger partial charge in [0.1, 0.15) is 0 Å². The van der Waals surface area contributed by atoms with E-state index in [-0.39, 0.29) is 17.7 Å². The average Bonchev–Trinajstić information content (AvgIpc) is 3.05. The molecule has 3 aromatic rings. The highest BCUT2D eigenvalue weighted by atomic mass is 79.9. The third kappa shape index (κ3) is 4.09. The second kappa shape index (κ2) is 9.38. The van der Waals surface area contributed by atoms with E-state index in [4.69, 9.17) is 11.6 Å². The molecule has 1 heterocycles. The van der Waals surface area contributed by atoms with Crippen LogP contribution in [-0.4, -0.2) is 27.7 Å². The van der Waals surface area contributed by atoms with E-state index in [0.29, 0.717) is 28.5 Å². The number of carbonyl (C=O) groups excluding carboxylic acids is 3. The highest BCUT2D eigenvalue weighted by Gasteiger charge is 2.45. The molecule has 0 saturated carbocycles. The van der Waals surface area contributed by atoms with Crippen molar-refractivity contribution in [3.8, 4) is 0 Å². The summed E-state index contributed by atoms with van der Waals surface area (Å²) in [4.78, 5) is 40.4. The summed E-state index contributed by atoms with van der Waals surface area (Å²) in [5.41, 5.74) is 1.38. The third-order valence-corrected chi connectivity index (χ3v) is 9.84. The van der Waals surface area contributed by atoms with Gasteiger partial charge in [0.05, 0.1) is 17.7 Å². The number of carbonyl (C=O) groups is 3. The predicted molar refractivity (Wildman–Crippen MR) is 136 cm³/mol. The Hall–Kier alpha value is -1.52. The molecule has 0 radical (unpaired) electrons. The van der Waals surface area contributed by atoms with Gasteiger partial charge in [-0.05, 0) is 93.5 Å². The van der Waals surface area contributed by atoms with E-state index >= 15 is 0 Å². The van der Waals surface area contributed by atoms with Crippen molar-refractivity contribution in [3.63, 3.8) is 0 Å². The molecule has 0 atom stereocenters. The smallest absolute Gasteiger partial charge is 0.267 e. The molecular formula is C22H11Br4ClN2O3. The van der Waals surface area contributed by atoms with Crippen LogP contribution in [0.4, 0.5) is 0 Å². The lowest BCUT2D eigenvalue weighted by molar-refractivity contribution is 0.000823. The van der Waals surface area contributed by atoms with Gasteiger partial charge in [0.15, 0.2) is 0 Å². The van der Waals surface area contributed by atoms with Gasteiger partial charge in [0.2, 0.25) is 0 Å². The van der Waals surface area contributed by atoms with Crippen LogP contribution in [0.1, 0.15) is 36.6 Å². The Morgan fingerprint density at radius 2 is 1.28 bits per heavy atom. The van der Waals surface area contributed by atoms with Crippen LogP contribution in [0, 0.1) is 0 Å². The molecule has 0 N–H and O–H groups in total. The van der Waals surface area contributed by atoms with E-state index in [1.807, 2.05) is 30.3 Å². The number of hydrazine groups is 1. The molecule has 5 nitrogen and oxygen atoms in total. The number of hydrogen-bond donors (Lipinski definition) is 0. The van der Waals surface area contributed by atoms with E-state index in [9.17, 15) is 14.4 Å². The maximum atomic E-state index is 13.5. The number of benzene rings is 3. The lowest BCUT2D eigenvalue weighted by atomic mass is 10.1. The summed E-state index contributed by atoms with van der Waals surface area (Å²) >= 11 is 19.6. The fraction of sp³-hybridized carbons (Fsp3) is 0.0455. The van der Waals surface area contributed by atoms with Crippen LogP contribution >= 0.6 is 75.3 Å². The summed E-state index contributed by atoms with van der Waals surface area (Å²) in [5, 5.41) is 2.52. The summed E-state index contributed by atoms with van der Waals surface area (Å²) in [7, 11) is 0. The normalized spacial score (nSPS) is 12.8. The van der Waals surface area contributed by atoms with Crippen LogP contribution in [0.15, 0.2) is 72.5 Å². The topological polar surface area (TPSA) is 57.7 Å². The number of imide groups is 1. The van der Waals surface area contributed by atoms with Crippen LogP contribution in [0.25, 0.3) is 0 Å². The minimum absolute atomic E-state index is 0.0192. The van der Waals surface area contributed by atoms with E-state index < -0.39 is 17.7 Å². The number of amides is 3. The molecular weight excluding hydrogens is 695 g/mol. The monoisotopic (exact) mass is 702 g/mol. The SMILES string of the molecule is O=C(c1ccc(Cl)cc1)N(Cc1ccccc1)N1C(=O)c2c(Br)c(Br)c(Br)c(Br)c2C1=O. The molecule has 162 valence electrons. The molecule has 1 aliphatic heterocycles. The molecule has 0 aromatic heterocycles. The van der Waals surface area contributed by atoms with Gasteiger partial charge in [0, 0.05) is 28.5 Å². The Bertz CT molecular complexity index is 1220. The Morgan fingerprint density at radius 3 is 1.78 bits per heavy atom. The zero-order valence-corrected chi connectivity index (χ0v) is 23.0. The Labute approximate surface area is 222 Å². The fourth-order valence-corrected chi connectivity index (χ4v) is 5.87. The second-order valence-electron chi connectivity index (χ2n) is 6.78. The first-order valence-corrected chi connectivity index (χ1v) is 12.6. The molecule has 10 heteroatoms. The van der Waals surface area contributed by atoms with Crippen molar-refractivity contribution in [3.05, 3.63) is 99.8 Å². The predicted octanol–water partition coefficient (Wildman–Crippen LogP) is 7.24. The molecule has 3 aromatic carbocycles. The van der Waals surface area contributed by atoms with Crippen LogP contribution in [0.2, 0.25) is 5.02 Å². The largest absolute Gasteiger partial charge is 0.282 e. The quantitative estimate of drug-likeness (QED) is 0.163. The van der Waals surface area contributed by atoms with E-state index in [2.05, 4.69) is 63.7 Å². The summed E-state index contributed by atoms with van der Waals surface area (Å²) in [5.74, 6) is -1.72. The van der Waals surface area contributed by atoms with E-state index in [0.717, 1.165) is 15.6 Å². The molecule has 0 bridgehead atoms. The first-order chi connectivity index (χ1) is 15.2. The van der Waals surface area contributed by atoms with Crippen molar-refractivity contribution in [2.45, 2.75) is 6.54 Å². The first kappa shape index (κ1) is 23.6. The molecule has 0 saturated heterocycles. The molecule has 32 heavy (non-hydrogen) atoms. The zero-order valence-electron chi connectivity index (χ0n) is 15.9. The van der Waals surface area contributed by atoms with Crippen LogP contribution < -0.4 is 0 Å². The number of fused-ring (bicyclic) bond motifs is 1. The molecule has 1 aliphatic rings. The van der Waals surface area contributed by atoms with E-state index in [1.165, 1.54) is 0 Å². The lowest BCUT2D eigenvalue weighted by Gasteiger charge is -2.30. The Balaban J connectivity index is 1.84. The minimum Gasteiger partial charge on any atom is -0.267 e. The van der Waals surface area contributed by atoms with E-state index in [1.54, 1.807) is 24.3 Å². The van der Waals surface area contributed by atoms with Crippen molar-refractivity contribution < 1.29 is 14.4 Å². The summed E-state index contributed by atoms with van der Waals surface area (Å²) < 4.78 is 1.98. The second-order valence-corrected chi connectivity index (χ2v) is 10.4. The molecule has 3 amide bonds. The van der Waals surface area contributed by atoms with Crippen molar-refractivity contribution in [2.75, 3.05) is 0 Å². The molecule has 0 aliphatic carbocycles. The molecule has 0 unspecified atom stereocenters. The standard InChI is InChI=1S/C22H11Br4ClN2O3/c23-16-14-15(17(24)19(26)18(16)25)22(32)29(21(14)31)28(10-11-4-2-1-3-5-11)20(30)12-6-8-13(27)9-7-12/h1-9H,10H2. The first-order valence-electron chi connectivity index (χ1n) is 9.08. The van der Waals surface area contributed by atoms with Crippen LogP contribution in [0.3, 0.4) is 0 Å². The summed E-state index contributed by atoms with van der Waals surface area (Å²) in [6.45, 7) is 0.0192. The molecule has 0 spiro atoms. The maximum Gasteiger partial charge on any atom is 0.282 e. The Morgan fingerprint density at radius 1 is 0.781 bits per heavy atom. The fourth-order valence-electron chi connectivity index (χ4n) is 3.29. The van der Waals surface area contributed by atoms with Crippen LogP contribution in [-0.2, 0) is 6.54 Å². The van der Waals surface area contributed by atoms with Crippen LogP contribution in [0.5, 0.6) is 0 Å². The van der Waals surface area contributed by atoms with Gasteiger partial charge < -0.3 is 0 Å². The van der Waals surface area contributed by atoms with Gasteiger partial charge in [-0.15, -0.1) is 0 Å². The van der Waals surface area contributed by atoms with Crippen molar-refractivity contribution in [1.29, 1.82) is 0 Å². The number of halogens is 5. The number of hydrogen-bond acceptors (Lipinski definition) is 3.